The van der Waals surface area contributed by atoms with Gasteiger partial charge in [0.2, 0.25) is 0 Å². The molecule has 102 valence electrons. The Kier molecular flexibility index (Phi) is 6.93. The molecule has 0 saturated heterocycles. The second-order valence-corrected chi connectivity index (χ2v) is 4.48. The summed E-state index contributed by atoms with van der Waals surface area (Å²) < 4.78 is 4.98. The van der Waals surface area contributed by atoms with Crippen molar-refractivity contribution >= 4 is 17.4 Å². The number of nitrogens with zero attached hydrogens (tertiary/aromatic N) is 2. The third kappa shape index (κ3) is 5.16. The molecule has 1 unspecified atom stereocenters. The summed E-state index contributed by atoms with van der Waals surface area (Å²) in [5, 5.41) is 12.5. The third-order valence-electron chi connectivity index (χ3n) is 2.70. The largest absolute Gasteiger partial charge is 0.396 e. The maximum atomic E-state index is 8.93. The normalized spacial score (nSPS) is 12.4. The molecule has 1 aromatic rings. The van der Waals surface area contributed by atoms with Crippen molar-refractivity contribution in [3.63, 3.8) is 0 Å². The van der Waals surface area contributed by atoms with Gasteiger partial charge in [0, 0.05) is 26.3 Å². The van der Waals surface area contributed by atoms with Crippen LogP contribution in [-0.4, -0.2) is 35.3 Å². The highest BCUT2D eigenvalue weighted by molar-refractivity contribution is 6.29. The monoisotopic (exact) mass is 273 g/mol. The Labute approximate surface area is 113 Å². The van der Waals surface area contributed by atoms with Crippen molar-refractivity contribution in [1.29, 1.82) is 0 Å². The lowest BCUT2D eigenvalue weighted by atomic mass is 10.0. The molecule has 18 heavy (non-hydrogen) atoms. The number of nitrogens with one attached hydrogen (secondary N) is 1. The van der Waals surface area contributed by atoms with E-state index < -0.39 is 0 Å². The van der Waals surface area contributed by atoms with E-state index in [1.807, 2.05) is 0 Å². The fourth-order valence-electron chi connectivity index (χ4n) is 1.63. The molecule has 2 N–H and O–H groups in total. The topological polar surface area (TPSA) is 67.3 Å². The van der Waals surface area contributed by atoms with Crippen LogP contribution >= 0.6 is 11.6 Å². The standard InChI is InChI=1S/C12H20ClN3O2/c1-3-9(4-5-17)7-14-11-6-10(13)15-12(16-11)8-18-2/h6,9,17H,3-5,7-8H2,1-2H3,(H,14,15,16). The van der Waals surface area contributed by atoms with Gasteiger partial charge in [-0.15, -0.1) is 0 Å². The zero-order valence-electron chi connectivity index (χ0n) is 10.8. The minimum absolute atomic E-state index is 0.208. The first-order valence-corrected chi connectivity index (χ1v) is 6.44. The smallest absolute Gasteiger partial charge is 0.158 e. The third-order valence-corrected chi connectivity index (χ3v) is 2.89. The molecule has 1 heterocycles. The molecule has 0 aliphatic carbocycles. The highest BCUT2D eigenvalue weighted by Crippen LogP contribution is 2.14. The average Bonchev–Trinajstić information content (AvgIpc) is 2.34. The summed E-state index contributed by atoms with van der Waals surface area (Å²) in [6.45, 7) is 3.41. The fraction of sp³-hybridized carbons (Fsp3) is 0.667. The first kappa shape index (κ1) is 15.1. The molecule has 0 aliphatic heterocycles. The summed E-state index contributed by atoms with van der Waals surface area (Å²) >= 11 is 5.91. The average molecular weight is 274 g/mol. The van der Waals surface area contributed by atoms with Crippen LogP contribution < -0.4 is 5.32 Å². The summed E-state index contributed by atoms with van der Waals surface area (Å²) in [6.07, 6.45) is 1.80. The Morgan fingerprint density at radius 2 is 2.28 bits per heavy atom. The van der Waals surface area contributed by atoms with Crippen LogP contribution in [0, 0.1) is 5.92 Å². The van der Waals surface area contributed by atoms with Gasteiger partial charge in [-0.05, 0) is 12.3 Å². The molecular formula is C12H20ClN3O2. The lowest BCUT2D eigenvalue weighted by Gasteiger charge is -2.15. The number of ether oxygens (including phenoxy) is 1. The van der Waals surface area contributed by atoms with Crippen molar-refractivity contribution in [1.82, 2.24) is 9.97 Å². The van der Waals surface area contributed by atoms with E-state index in [1.54, 1.807) is 13.2 Å². The van der Waals surface area contributed by atoms with Crippen LogP contribution in [0.2, 0.25) is 5.15 Å². The quantitative estimate of drug-likeness (QED) is 0.710. The molecule has 1 rings (SSSR count). The van der Waals surface area contributed by atoms with Gasteiger partial charge in [-0.2, -0.15) is 0 Å². The van der Waals surface area contributed by atoms with Gasteiger partial charge in [0.25, 0.3) is 0 Å². The molecular weight excluding hydrogens is 254 g/mol. The number of hydrogen-bond acceptors (Lipinski definition) is 5. The van der Waals surface area contributed by atoms with Gasteiger partial charge in [0.15, 0.2) is 5.82 Å². The summed E-state index contributed by atoms with van der Waals surface area (Å²) in [6, 6.07) is 1.69. The molecule has 6 heteroatoms. The van der Waals surface area contributed by atoms with Crippen LogP contribution in [-0.2, 0) is 11.3 Å². The Hall–Kier alpha value is -0.910. The molecule has 1 aromatic heterocycles. The summed E-state index contributed by atoms with van der Waals surface area (Å²) in [7, 11) is 1.59. The number of aromatic nitrogens is 2. The SMILES string of the molecule is CCC(CCO)CNc1cc(Cl)nc(COC)n1. The summed E-state index contributed by atoms with van der Waals surface area (Å²) in [5.74, 6) is 1.68. The van der Waals surface area contributed by atoms with Crippen molar-refractivity contribution in [2.45, 2.75) is 26.4 Å². The number of hydrogen-bond donors (Lipinski definition) is 2. The predicted octanol–water partition coefficient (Wildman–Crippen LogP) is 2.10. The van der Waals surface area contributed by atoms with Crippen molar-refractivity contribution in [2.75, 3.05) is 25.6 Å². The minimum Gasteiger partial charge on any atom is -0.396 e. The first-order chi connectivity index (χ1) is 8.69. The number of rotatable bonds is 8. The van der Waals surface area contributed by atoms with Gasteiger partial charge in [-0.25, -0.2) is 9.97 Å². The highest BCUT2D eigenvalue weighted by atomic mass is 35.5. The fourth-order valence-corrected chi connectivity index (χ4v) is 1.83. The number of aliphatic hydroxyl groups excluding tert-OH is 1. The lowest BCUT2D eigenvalue weighted by molar-refractivity contribution is 0.178. The van der Waals surface area contributed by atoms with E-state index >= 15 is 0 Å². The maximum absolute atomic E-state index is 8.93. The van der Waals surface area contributed by atoms with Gasteiger partial charge in [-0.3, -0.25) is 0 Å². The predicted molar refractivity (Wildman–Crippen MR) is 71.7 cm³/mol. The molecule has 0 radical (unpaired) electrons. The Morgan fingerprint density at radius 1 is 1.50 bits per heavy atom. The van der Waals surface area contributed by atoms with Crippen LogP contribution in [0.25, 0.3) is 0 Å². The molecule has 0 fully saturated rings. The molecule has 0 amide bonds. The van der Waals surface area contributed by atoms with E-state index in [0.29, 0.717) is 29.3 Å². The Bertz CT molecular complexity index is 363. The molecule has 0 bridgehead atoms. The molecule has 5 nitrogen and oxygen atoms in total. The zero-order valence-corrected chi connectivity index (χ0v) is 11.6. The van der Waals surface area contributed by atoms with E-state index in [1.165, 1.54) is 0 Å². The zero-order chi connectivity index (χ0) is 13.4. The van der Waals surface area contributed by atoms with E-state index in [0.717, 1.165) is 19.4 Å². The van der Waals surface area contributed by atoms with E-state index in [4.69, 9.17) is 21.4 Å². The first-order valence-electron chi connectivity index (χ1n) is 6.06. The number of aliphatic hydroxyl groups is 1. The van der Waals surface area contributed by atoms with Crippen LogP contribution in [0.1, 0.15) is 25.6 Å². The molecule has 0 aliphatic rings. The molecule has 0 aromatic carbocycles. The van der Waals surface area contributed by atoms with Crippen molar-refractivity contribution in [3.05, 3.63) is 17.0 Å². The van der Waals surface area contributed by atoms with E-state index in [-0.39, 0.29) is 6.61 Å². The summed E-state index contributed by atoms with van der Waals surface area (Å²) in [5.41, 5.74) is 0. The van der Waals surface area contributed by atoms with Gasteiger partial charge in [0.1, 0.15) is 17.6 Å². The van der Waals surface area contributed by atoms with Crippen LogP contribution in [0.5, 0.6) is 0 Å². The second kappa shape index (κ2) is 8.24. The second-order valence-electron chi connectivity index (χ2n) is 4.09. The van der Waals surface area contributed by atoms with Gasteiger partial charge in [-0.1, -0.05) is 24.9 Å². The van der Waals surface area contributed by atoms with E-state index in [9.17, 15) is 0 Å². The van der Waals surface area contributed by atoms with Crippen LogP contribution in [0.3, 0.4) is 0 Å². The number of anilines is 1. The number of halogens is 1. The van der Waals surface area contributed by atoms with Gasteiger partial charge >= 0.3 is 0 Å². The van der Waals surface area contributed by atoms with Crippen molar-refractivity contribution in [2.24, 2.45) is 5.92 Å². The summed E-state index contributed by atoms with van der Waals surface area (Å²) in [4.78, 5) is 8.35. The minimum atomic E-state index is 0.208. The van der Waals surface area contributed by atoms with Gasteiger partial charge in [0.05, 0.1) is 0 Å². The Morgan fingerprint density at radius 3 is 2.89 bits per heavy atom. The Balaban J connectivity index is 2.60. The number of methoxy groups -OCH3 is 1. The van der Waals surface area contributed by atoms with Crippen molar-refractivity contribution in [3.8, 4) is 0 Å². The van der Waals surface area contributed by atoms with Crippen molar-refractivity contribution < 1.29 is 9.84 Å². The maximum Gasteiger partial charge on any atom is 0.158 e. The highest BCUT2D eigenvalue weighted by Gasteiger charge is 2.07. The van der Waals surface area contributed by atoms with E-state index in [2.05, 4.69) is 22.2 Å². The lowest BCUT2D eigenvalue weighted by Crippen LogP contribution is -2.16. The van der Waals surface area contributed by atoms with Gasteiger partial charge < -0.3 is 15.2 Å². The van der Waals surface area contributed by atoms with Crippen LogP contribution in [0.4, 0.5) is 5.82 Å². The molecule has 1 atom stereocenters. The van der Waals surface area contributed by atoms with Crippen LogP contribution in [0.15, 0.2) is 6.07 Å². The molecule has 0 spiro atoms. The molecule has 0 saturated carbocycles.